The molecule has 1 heterocycles. The van der Waals surface area contributed by atoms with E-state index in [2.05, 4.69) is 5.32 Å². The van der Waals surface area contributed by atoms with Crippen LogP contribution in [-0.4, -0.2) is 18.4 Å². The molecule has 4 nitrogen and oxygen atoms in total. The lowest BCUT2D eigenvalue weighted by molar-refractivity contribution is -0.123. The van der Waals surface area contributed by atoms with Gasteiger partial charge < -0.3 is 10.2 Å². The van der Waals surface area contributed by atoms with Gasteiger partial charge in [-0.05, 0) is 42.7 Å². The molecule has 4 rings (SSSR count). The van der Waals surface area contributed by atoms with Gasteiger partial charge in [-0.25, -0.2) is 0 Å². The van der Waals surface area contributed by atoms with Gasteiger partial charge >= 0.3 is 0 Å². The summed E-state index contributed by atoms with van der Waals surface area (Å²) in [6, 6.07) is 12.8. The highest BCUT2D eigenvalue weighted by molar-refractivity contribution is 6.35. The molecule has 1 aliphatic heterocycles. The number of anilines is 2. The highest BCUT2D eigenvalue weighted by atomic mass is 35.5. The molecule has 1 aliphatic carbocycles. The molecule has 2 aromatic carbocycles. The Kier molecular flexibility index (Phi) is 4.18. The second-order valence-electron chi connectivity index (χ2n) is 6.43. The first-order chi connectivity index (χ1) is 12.0. The normalized spacial score (nSPS) is 21.0. The Morgan fingerprint density at radius 3 is 2.72 bits per heavy atom. The summed E-state index contributed by atoms with van der Waals surface area (Å²) in [5.74, 6) is -0.725. The summed E-state index contributed by atoms with van der Waals surface area (Å²) in [6.07, 6.45) is 1.44. The van der Waals surface area contributed by atoms with E-state index in [4.69, 9.17) is 23.2 Å². The lowest BCUT2D eigenvalue weighted by atomic mass is 10.2. The van der Waals surface area contributed by atoms with Gasteiger partial charge in [-0.3, -0.25) is 9.59 Å². The molecule has 0 aromatic heterocycles. The van der Waals surface area contributed by atoms with Crippen LogP contribution in [0.5, 0.6) is 0 Å². The molecule has 2 aromatic rings. The second kappa shape index (κ2) is 6.36. The van der Waals surface area contributed by atoms with Crippen LogP contribution in [0.2, 0.25) is 10.0 Å². The van der Waals surface area contributed by atoms with Gasteiger partial charge in [0.2, 0.25) is 11.8 Å². The van der Waals surface area contributed by atoms with Gasteiger partial charge in [0.05, 0.1) is 22.5 Å². The van der Waals surface area contributed by atoms with Gasteiger partial charge in [0, 0.05) is 17.3 Å². The summed E-state index contributed by atoms with van der Waals surface area (Å²) in [7, 11) is 0. The van der Waals surface area contributed by atoms with Crippen LogP contribution in [-0.2, 0) is 16.0 Å². The molecule has 0 radical (unpaired) electrons. The van der Waals surface area contributed by atoms with Crippen molar-refractivity contribution < 1.29 is 9.59 Å². The first-order valence-corrected chi connectivity index (χ1v) is 8.95. The topological polar surface area (TPSA) is 49.4 Å². The third-order valence-electron chi connectivity index (χ3n) is 4.78. The Labute approximate surface area is 155 Å². The Balaban J connectivity index is 1.43. The van der Waals surface area contributed by atoms with Gasteiger partial charge in [-0.1, -0.05) is 41.4 Å². The van der Waals surface area contributed by atoms with Crippen LogP contribution in [0.1, 0.15) is 12.0 Å². The minimum Gasteiger partial charge on any atom is -0.324 e. The number of para-hydroxylation sites is 1. The van der Waals surface area contributed by atoms with Crippen LogP contribution in [0.15, 0.2) is 42.5 Å². The Hall–Kier alpha value is -2.04. The first kappa shape index (κ1) is 16.4. The number of carbonyl (C=O) groups excluding carboxylic acids is 2. The van der Waals surface area contributed by atoms with E-state index >= 15 is 0 Å². The SMILES string of the molecule is O=C(Nc1cc(Cl)ccc1Cl)C1CC1C(=O)N1CCc2ccccc21. The molecule has 1 fully saturated rings. The van der Waals surface area contributed by atoms with E-state index in [1.54, 1.807) is 23.1 Å². The van der Waals surface area contributed by atoms with Crippen molar-refractivity contribution in [3.63, 3.8) is 0 Å². The fourth-order valence-electron chi connectivity index (χ4n) is 3.34. The molecular weight excluding hydrogens is 359 g/mol. The summed E-state index contributed by atoms with van der Waals surface area (Å²) in [5, 5.41) is 3.70. The van der Waals surface area contributed by atoms with E-state index in [1.165, 1.54) is 5.56 Å². The Morgan fingerprint density at radius 1 is 1.08 bits per heavy atom. The third kappa shape index (κ3) is 3.12. The summed E-state index contributed by atoms with van der Waals surface area (Å²) in [6.45, 7) is 0.684. The van der Waals surface area contributed by atoms with Gasteiger partial charge in [-0.2, -0.15) is 0 Å². The summed E-state index contributed by atoms with van der Waals surface area (Å²) in [4.78, 5) is 27.0. The number of rotatable bonds is 3. The maximum Gasteiger partial charge on any atom is 0.230 e. The zero-order valence-corrected chi connectivity index (χ0v) is 14.8. The summed E-state index contributed by atoms with van der Waals surface area (Å²) >= 11 is 12.0. The van der Waals surface area contributed by atoms with E-state index in [-0.39, 0.29) is 23.7 Å². The number of halogens is 2. The van der Waals surface area contributed by atoms with Crippen molar-refractivity contribution in [1.29, 1.82) is 0 Å². The van der Waals surface area contributed by atoms with Gasteiger partial charge in [-0.15, -0.1) is 0 Å². The molecule has 6 heteroatoms. The quantitative estimate of drug-likeness (QED) is 0.876. The molecule has 128 valence electrons. The summed E-state index contributed by atoms with van der Waals surface area (Å²) < 4.78 is 0. The van der Waals surface area contributed by atoms with E-state index in [0.29, 0.717) is 28.7 Å². The van der Waals surface area contributed by atoms with Crippen LogP contribution < -0.4 is 10.2 Å². The zero-order chi connectivity index (χ0) is 17.6. The molecule has 2 unspecified atom stereocenters. The van der Waals surface area contributed by atoms with Crippen molar-refractivity contribution in [1.82, 2.24) is 0 Å². The monoisotopic (exact) mass is 374 g/mol. The van der Waals surface area contributed by atoms with Crippen LogP contribution >= 0.6 is 23.2 Å². The van der Waals surface area contributed by atoms with Crippen LogP contribution in [0.3, 0.4) is 0 Å². The molecule has 2 aliphatic rings. The minimum atomic E-state index is -0.310. The molecule has 0 bridgehead atoms. The van der Waals surface area contributed by atoms with Crippen LogP contribution in [0.4, 0.5) is 11.4 Å². The number of amides is 2. The average molecular weight is 375 g/mol. The summed E-state index contributed by atoms with van der Waals surface area (Å²) in [5.41, 5.74) is 2.63. The molecular formula is C19H16Cl2N2O2. The molecule has 2 atom stereocenters. The lowest BCUT2D eigenvalue weighted by Gasteiger charge is -2.17. The number of hydrogen-bond acceptors (Lipinski definition) is 2. The molecule has 1 saturated carbocycles. The highest BCUT2D eigenvalue weighted by Crippen LogP contribution is 2.43. The molecule has 2 amide bonds. The second-order valence-corrected chi connectivity index (χ2v) is 7.27. The average Bonchev–Trinajstić information content (AvgIpc) is 3.30. The van der Waals surface area contributed by atoms with E-state index in [0.717, 1.165) is 12.1 Å². The van der Waals surface area contributed by atoms with Gasteiger partial charge in [0.15, 0.2) is 0 Å². The third-order valence-corrected chi connectivity index (χ3v) is 5.35. The molecule has 25 heavy (non-hydrogen) atoms. The van der Waals surface area contributed by atoms with Crippen molar-refractivity contribution in [2.75, 3.05) is 16.8 Å². The number of fused-ring (bicyclic) bond motifs is 1. The number of nitrogens with zero attached hydrogens (tertiary/aromatic N) is 1. The highest BCUT2D eigenvalue weighted by Gasteiger charge is 2.50. The number of carbonyl (C=O) groups is 2. The first-order valence-electron chi connectivity index (χ1n) is 8.20. The number of nitrogens with one attached hydrogen (secondary N) is 1. The van der Waals surface area contributed by atoms with Gasteiger partial charge in [0.1, 0.15) is 0 Å². The zero-order valence-electron chi connectivity index (χ0n) is 13.3. The van der Waals surface area contributed by atoms with Crippen molar-refractivity contribution >= 4 is 46.4 Å². The van der Waals surface area contributed by atoms with E-state index < -0.39 is 0 Å². The Morgan fingerprint density at radius 2 is 1.88 bits per heavy atom. The molecule has 0 spiro atoms. The van der Waals surface area contributed by atoms with E-state index in [9.17, 15) is 9.59 Å². The van der Waals surface area contributed by atoms with Crippen molar-refractivity contribution in [3.05, 3.63) is 58.1 Å². The van der Waals surface area contributed by atoms with E-state index in [1.807, 2.05) is 24.3 Å². The fraction of sp³-hybridized carbons (Fsp3) is 0.263. The molecule has 0 saturated heterocycles. The standard InChI is InChI=1S/C19H16Cl2N2O2/c20-12-5-6-15(21)16(9-12)22-18(24)13-10-14(13)19(25)23-8-7-11-3-1-2-4-17(11)23/h1-6,9,13-14H,7-8,10H2,(H,22,24). The lowest BCUT2D eigenvalue weighted by Crippen LogP contribution is -2.32. The van der Waals surface area contributed by atoms with Crippen LogP contribution in [0.25, 0.3) is 0 Å². The predicted molar refractivity (Wildman–Crippen MR) is 99.2 cm³/mol. The van der Waals surface area contributed by atoms with Crippen molar-refractivity contribution in [2.24, 2.45) is 11.8 Å². The minimum absolute atomic E-state index is 0.0299. The number of benzene rings is 2. The maximum absolute atomic E-state index is 12.8. The largest absolute Gasteiger partial charge is 0.324 e. The predicted octanol–water partition coefficient (Wildman–Crippen LogP) is 4.16. The Bertz CT molecular complexity index is 868. The smallest absolute Gasteiger partial charge is 0.230 e. The maximum atomic E-state index is 12.8. The van der Waals surface area contributed by atoms with Crippen molar-refractivity contribution in [2.45, 2.75) is 12.8 Å². The fourth-order valence-corrected chi connectivity index (χ4v) is 3.68. The molecule has 1 N–H and O–H groups in total. The number of hydrogen-bond donors (Lipinski definition) is 1. The van der Waals surface area contributed by atoms with Gasteiger partial charge in [0.25, 0.3) is 0 Å². The van der Waals surface area contributed by atoms with Crippen molar-refractivity contribution in [3.8, 4) is 0 Å². The van der Waals surface area contributed by atoms with Crippen LogP contribution in [0, 0.1) is 11.8 Å².